The van der Waals surface area contributed by atoms with Gasteiger partial charge in [0.25, 0.3) is 0 Å². The van der Waals surface area contributed by atoms with Crippen molar-refractivity contribution in [2.45, 2.75) is 32.8 Å². The van der Waals surface area contributed by atoms with Crippen LogP contribution in [0.2, 0.25) is 0 Å². The van der Waals surface area contributed by atoms with Crippen LogP contribution < -0.4 is 0 Å². The van der Waals surface area contributed by atoms with E-state index < -0.39 is 17.7 Å². The summed E-state index contributed by atoms with van der Waals surface area (Å²) in [5.41, 5.74) is 0. The van der Waals surface area contributed by atoms with E-state index in [4.69, 9.17) is 38.3 Å². The molecule has 0 aliphatic rings. The van der Waals surface area contributed by atoms with Crippen LogP contribution in [0.4, 0.5) is 0 Å². The fraction of sp³-hybridized carbons (Fsp3) is 0.850. The summed E-state index contributed by atoms with van der Waals surface area (Å²) < 4.78 is 36.8. The van der Waals surface area contributed by atoms with Gasteiger partial charge < -0.3 is 38.3 Å². The van der Waals surface area contributed by atoms with Gasteiger partial charge in [0, 0.05) is 6.42 Å². The van der Waals surface area contributed by atoms with Crippen LogP contribution in [0, 0.1) is 0 Å². The van der Waals surface area contributed by atoms with Gasteiger partial charge >= 0.3 is 11.9 Å². The van der Waals surface area contributed by atoms with Gasteiger partial charge in [0.05, 0.1) is 85.2 Å². The first-order chi connectivity index (χ1) is 14.9. The zero-order valence-corrected chi connectivity index (χ0v) is 18.5. The molecule has 0 aromatic carbocycles. The molecule has 0 aliphatic carbocycles. The van der Waals surface area contributed by atoms with E-state index >= 15 is 0 Å². The number of aliphatic carboxylic acids is 1. The predicted molar refractivity (Wildman–Crippen MR) is 108 cm³/mol. The summed E-state index contributed by atoms with van der Waals surface area (Å²) in [6.45, 7) is 8.87. The lowest BCUT2D eigenvalue weighted by Crippen LogP contribution is -2.17. The summed E-state index contributed by atoms with van der Waals surface area (Å²) in [5.74, 6) is -3.21. The number of carboxylic acids is 1. The van der Waals surface area contributed by atoms with Crippen molar-refractivity contribution in [2.75, 3.05) is 79.3 Å². The van der Waals surface area contributed by atoms with Gasteiger partial charge in [0.2, 0.25) is 5.78 Å². The Morgan fingerprint density at radius 3 is 1.39 bits per heavy atom. The summed E-state index contributed by atoms with van der Waals surface area (Å²) in [5, 5.41) is 8.39. The van der Waals surface area contributed by atoms with Crippen LogP contribution in [0.5, 0.6) is 0 Å². The summed E-state index contributed by atoms with van der Waals surface area (Å²) in [6.07, 6.45) is -0.426. The number of Topliss-reactive ketones (excluding diaryl/α,β-unsaturated/α-hetero) is 1. The van der Waals surface area contributed by atoms with E-state index in [1.807, 2.05) is 13.8 Å². The van der Waals surface area contributed by atoms with Crippen molar-refractivity contribution in [3.05, 3.63) is 0 Å². The molecule has 0 spiro atoms. The number of hydrogen-bond acceptors (Lipinski definition) is 10. The molecule has 0 radical (unpaired) electrons. The maximum Gasteiger partial charge on any atom is 0.372 e. The third kappa shape index (κ3) is 22.9. The molecular weight excluding hydrogens is 416 g/mol. The Labute approximate surface area is 183 Å². The van der Waals surface area contributed by atoms with Crippen LogP contribution in [0.1, 0.15) is 26.7 Å². The van der Waals surface area contributed by atoms with Crippen molar-refractivity contribution in [3.8, 4) is 0 Å². The van der Waals surface area contributed by atoms with Gasteiger partial charge in [-0.1, -0.05) is 0 Å². The van der Waals surface area contributed by atoms with E-state index in [0.717, 1.165) is 0 Å². The van der Waals surface area contributed by atoms with E-state index in [9.17, 15) is 14.4 Å². The van der Waals surface area contributed by atoms with Gasteiger partial charge in [0.1, 0.15) is 6.61 Å². The molecule has 0 bridgehead atoms. The average Bonchev–Trinajstić information content (AvgIpc) is 2.73. The normalized spacial score (nSPS) is 11.1. The van der Waals surface area contributed by atoms with E-state index in [1.54, 1.807) is 0 Å². The highest BCUT2D eigenvalue weighted by Gasteiger charge is 2.14. The second-order valence-electron chi connectivity index (χ2n) is 6.43. The highest BCUT2D eigenvalue weighted by Crippen LogP contribution is 1.95. The topological polar surface area (TPSA) is 136 Å². The highest BCUT2D eigenvalue weighted by atomic mass is 16.6. The Balaban J connectivity index is 3.18. The minimum atomic E-state index is -1.56. The first-order valence-corrected chi connectivity index (χ1v) is 10.4. The molecule has 182 valence electrons. The number of carbonyl (C=O) groups is 3. The van der Waals surface area contributed by atoms with Crippen LogP contribution in [0.25, 0.3) is 0 Å². The monoisotopic (exact) mass is 452 g/mol. The van der Waals surface area contributed by atoms with Gasteiger partial charge in [-0.25, -0.2) is 4.79 Å². The molecule has 0 atom stereocenters. The lowest BCUT2D eigenvalue weighted by atomic mass is 10.2. The molecule has 1 N–H and O–H groups in total. The molecule has 0 amide bonds. The lowest BCUT2D eigenvalue weighted by Gasteiger charge is -2.09. The number of carboxylic acid groups (broad SMARTS) is 1. The fourth-order valence-corrected chi connectivity index (χ4v) is 1.93. The standard InChI is InChI=1S/C20H36O11/c1-17(2)30-15-13-28-11-9-26-7-5-25-6-8-27-10-12-29-14-16-31-19(22)4-3-18(21)20(23)24/h17H,3-16H2,1-2H3,(H,23,24). The second-order valence-corrected chi connectivity index (χ2v) is 6.43. The molecule has 0 aromatic heterocycles. The van der Waals surface area contributed by atoms with E-state index in [0.29, 0.717) is 66.1 Å². The van der Waals surface area contributed by atoms with Crippen LogP contribution in [0.15, 0.2) is 0 Å². The molecule has 0 rings (SSSR count). The molecule has 0 aromatic rings. The van der Waals surface area contributed by atoms with Gasteiger partial charge in [-0.15, -0.1) is 0 Å². The summed E-state index contributed by atoms with van der Waals surface area (Å²) >= 11 is 0. The van der Waals surface area contributed by atoms with Crippen molar-refractivity contribution in [1.82, 2.24) is 0 Å². The Bertz CT molecular complexity index is 468. The highest BCUT2D eigenvalue weighted by molar-refractivity contribution is 6.32. The number of ketones is 1. The van der Waals surface area contributed by atoms with Gasteiger partial charge in [-0.05, 0) is 13.8 Å². The SMILES string of the molecule is CC(C)OCCOCCOCCOCCOCCOCCOC(=O)CCC(=O)C(=O)O. The van der Waals surface area contributed by atoms with E-state index in [-0.39, 0.29) is 32.2 Å². The van der Waals surface area contributed by atoms with Crippen LogP contribution >= 0.6 is 0 Å². The quantitative estimate of drug-likeness (QED) is 0.132. The van der Waals surface area contributed by atoms with Gasteiger partial charge in [0.15, 0.2) is 0 Å². The maximum absolute atomic E-state index is 11.3. The molecule has 0 saturated carbocycles. The van der Waals surface area contributed by atoms with Crippen molar-refractivity contribution < 1.29 is 52.6 Å². The zero-order valence-electron chi connectivity index (χ0n) is 18.5. The smallest absolute Gasteiger partial charge is 0.372 e. The number of ether oxygens (including phenoxy) is 7. The minimum Gasteiger partial charge on any atom is -0.476 e. The maximum atomic E-state index is 11.3. The fourth-order valence-electron chi connectivity index (χ4n) is 1.93. The van der Waals surface area contributed by atoms with Crippen molar-refractivity contribution >= 4 is 17.7 Å². The summed E-state index contributed by atoms with van der Waals surface area (Å²) in [4.78, 5) is 32.4. The largest absolute Gasteiger partial charge is 0.476 e. The zero-order chi connectivity index (χ0) is 23.2. The molecule has 31 heavy (non-hydrogen) atoms. The van der Waals surface area contributed by atoms with Gasteiger partial charge in [-0.3, -0.25) is 9.59 Å². The third-order valence-electron chi connectivity index (χ3n) is 3.45. The van der Waals surface area contributed by atoms with Crippen molar-refractivity contribution in [1.29, 1.82) is 0 Å². The first kappa shape index (κ1) is 29.4. The second kappa shape index (κ2) is 21.6. The predicted octanol–water partition coefficient (Wildman–Crippen LogP) is 0.472. The van der Waals surface area contributed by atoms with Crippen molar-refractivity contribution in [3.63, 3.8) is 0 Å². The molecule has 0 aliphatic heterocycles. The van der Waals surface area contributed by atoms with Crippen LogP contribution in [-0.4, -0.2) is 108 Å². The first-order valence-electron chi connectivity index (χ1n) is 10.4. The molecular formula is C20H36O11. The van der Waals surface area contributed by atoms with Crippen LogP contribution in [0.3, 0.4) is 0 Å². The van der Waals surface area contributed by atoms with Crippen molar-refractivity contribution in [2.24, 2.45) is 0 Å². The Morgan fingerprint density at radius 2 is 1.00 bits per heavy atom. The molecule has 0 unspecified atom stereocenters. The molecule has 0 saturated heterocycles. The lowest BCUT2D eigenvalue weighted by molar-refractivity contribution is -0.151. The van der Waals surface area contributed by atoms with E-state index in [1.165, 1.54) is 0 Å². The number of carbonyl (C=O) groups excluding carboxylic acids is 2. The molecule has 11 nitrogen and oxygen atoms in total. The Morgan fingerprint density at radius 1 is 0.613 bits per heavy atom. The van der Waals surface area contributed by atoms with Crippen LogP contribution in [-0.2, 0) is 47.5 Å². The number of hydrogen-bond donors (Lipinski definition) is 1. The summed E-state index contributed by atoms with van der Waals surface area (Å²) in [6, 6.07) is 0. The third-order valence-corrected chi connectivity index (χ3v) is 3.45. The Hall–Kier alpha value is -1.63. The molecule has 0 heterocycles. The minimum absolute atomic E-state index is 0.0277. The Kier molecular flexibility index (Phi) is 20.5. The van der Waals surface area contributed by atoms with E-state index in [2.05, 4.69) is 0 Å². The average molecular weight is 452 g/mol. The summed E-state index contributed by atoms with van der Waals surface area (Å²) in [7, 11) is 0. The number of rotatable bonds is 23. The molecule has 0 fully saturated rings. The number of esters is 1. The molecule has 11 heteroatoms. The van der Waals surface area contributed by atoms with Gasteiger partial charge in [-0.2, -0.15) is 0 Å².